The lowest BCUT2D eigenvalue weighted by Crippen LogP contribution is -2.40. The van der Waals surface area contributed by atoms with Crippen LogP contribution in [-0.4, -0.2) is 25.9 Å². The second-order valence-corrected chi connectivity index (χ2v) is 7.57. The van der Waals surface area contributed by atoms with Gasteiger partial charge in [0.25, 0.3) is 5.79 Å². The summed E-state index contributed by atoms with van der Waals surface area (Å²) < 4.78 is 22.8. The van der Waals surface area contributed by atoms with Gasteiger partial charge < -0.3 is 24.3 Å². The van der Waals surface area contributed by atoms with Gasteiger partial charge in [-0.15, -0.1) is 0 Å². The van der Waals surface area contributed by atoms with Gasteiger partial charge >= 0.3 is 0 Å². The van der Waals surface area contributed by atoms with Gasteiger partial charge in [0.05, 0.1) is 14.2 Å². The summed E-state index contributed by atoms with van der Waals surface area (Å²) in [5.41, 5.74) is 1.74. The molecule has 0 bridgehead atoms. The molecule has 1 saturated carbocycles. The highest BCUT2D eigenvalue weighted by atomic mass is 16.7. The summed E-state index contributed by atoms with van der Waals surface area (Å²) in [7, 11) is 3.21. The molecule has 1 aliphatic carbocycles. The number of hydrogen-bond acceptors (Lipinski definition) is 5. The largest absolute Gasteiger partial charge is 0.493 e. The molecular formula is C23H27NO5. The highest BCUT2D eigenvalue weighted by Crippen LogP contribution is 2.46. The van der Waals surface area contributed by atoms with Gasteiger partial charge in [-0.05, 0) is 49.1 Å². The molecular weight excluding hydrogens is 370 g/mol. The van der Waals surface area contributed by atoms with Crippen LogP contribution >= 0.6 is 0 Å². The Morgan fingerprint density at radius 2 is 1.72 bits per heavy atom. The third kappa shape index (κ3) is 4.26. The Kier molecular flexibility index (Phi) is 5.51. The molecule has 2 aromatic carbocycles. The number of nitrogens with one attached hydrogen (secondary N) is 1. The monoisotopic (exact) mass is 397 g/mol. The number of rotatable bonds is 6. The summed E-state index contributed by atoms with van der Waals surface area (Å²) in [6.45, 7) is 0. The van der Waals surface area contributed by atoms with Gasteiger partial charge in [-0.25, -0.2) is 0 Å². The molecule has 6 heteroatoms. The van der Waals surface area contributed by atoms with Crippen molar-refractivity contribution in [3.8, 4) is 23.0 Å². The molecule has 1 fully saturated rings. The van der Waals surface area contributed by atoms with Crippen LogP contribution in [0.1, 0.15) is 44.1 Å². The third-order valence-electron chi connectivity index (χ3n) is 5.52. The Bertz CT molecular complexity index is 889. The quantitative estimate of drug-likeness (QED) is 0.765. The molecule has 29 heavy (non-hydrogen) atoms. The standard InChI is InChI=1S/C23H27NO5/c1-26-18-9-6-16(14-20(18)27-2)7-11-22(25)24-17-8-10-19-21(15-17)29-23(28-19)12-4-3-5-13-23/h6,8-10,14-15H,3-5,7,11-13H2,1-2H3,(H,24,25). The predicted octanol–water partition coefficient (Wildman–Crippen LogP) is 4.71. The molecule has 1 amide bonds. The summed E-state index contributed by atoms with van der Waals surface area (Å²) in [6, 6.07) is 11.3. The van der Waals surface area contributed by atoms with Crippen LogP contribution in [0.2, 0.25) is 0 Å². The second kappa shape index (κ2) is 8.23. The number of hydrogen-bond donors (Lipinski definition) is 1. The fraction of sp³-hybridized carbons (Fsp3) is 0.435. The van der Waals surface area contributed by atoms with Crippen molar-refractivity contribution >= 4 is 11.6 Å². The van der Waals surface area contributed by atoms with E-state index < -0.39 is 5.79 Å². The van der Waals surface area contributed by atoms with Crippen molar-refractivity contribution in [3.05, 3.63) is 42.0 Å². The average Bonchev–Trinajstić information content (AvgIpc) is 3.08. The molecule has 1 N–H and O–H groups in total. The number of benzene rings is 2. The van der Waals surface area contributed by atoms with Crippen LogP contribution in [0.5, 0.6) is 23.0 Å². The highest BCUT2D eigenvalue weighted by Gasteiger charge is 2.42. The van der Waals surface area contributed by atoms with E-state index in [-0.39, 0.29) is 5.91 Å². The lowest BCUT2D eigenvalue weighted by Gasteiger charge is -2.31. The van der Waals surface area contributed by atoms with Crippen molar-refractivity contribution in [2.45, 2.75) is 50.7 Å². The van der Waals surface area contributed by atoms with E-state index in [0.29, 0.717) is 30.1 Å². The molecule has 0 saturated heterocycles. The molecule has 0 atom stereocenters. The molecule has 4 rings (SSSR count). The van der Waals surface area contributed by atoms with E-state index in [1.54, 1.807) is 14.2 Å². The molecule has 1 aliphatic heterocycles. The van der Waals surface area contributed by atoms with Gasteiger partial charge in [0, 0.05) is 31.0 Å². The predicted molar refractivity (Wildman–Crippen MR) is 110 cm³/mol. The van der Waals surface area contributed by atoms with Crippen LogP contribution in [0.3, 0.4) is 0 Å². The second-order valence-electron chi connectivity index (χ2n) is 7.57. The van der Waals surface area contributed by atoms with Crippen molar-refractivity contribution in [2.24, 2.45) is 0 Å². The smallest absolute Gasteiger partial charge is 0.251 e. The van der Waals surface area contributed by atoms with Gasteiger partial charge in [0.1, 0.15) is 0 Å². The zero-order chi connectivity index (χ0) is 20.3. The molecule has 1 heterocycles. The number of methoxy groups -OCH3 is 2. The molecule has 0 aromatic heterocycles. The average molecular weight is 397 g/mol. The maximum atomic E-state index is 12.4. The maximum absolute atomic E-state index is 12.4. The molecule has 154 valence electrons. The minimum absolute atomic E-state index is 0.0500. The molecule has 2 aromatic rings. The fourth-order valence-electron chi connectivity index (χ4n) is 3.98. The molecule has 2 aliphatic rings. The Balaban J connectivity index is 1.35. The first-order valence-electron chi connectivity index (χ1n) is 10.1. The van der Waals surface area contributed by atoms with E-state index in [9.17, 15) is 4.79 Å². The van der Waals surface area contributed by atoms with Gasteiger partial charge in [0.15, 0.2) is 23.0 Å². The Labute approximate surface area is 171 Å². The fourth-order valence-corrected chi connectivity index (χ4v) is 3.98. The lowest BCUT2D eigenvalue weighted by molar-refractivity contribution is -0.116. The minimum atomic E-state index is -0.503. The molecule has 6 nitrogen and oxygen atoms in total. The molecule has 0 unspecified atom stereocenters. The number of amides is 1. The molecule has 0 radical (unpaired) electrons. The zero-order valence-corrected chi connectivity index (χ0v) is 17.0. The Morgan fingerprint density at radius 1 is 0.966 bits per heavy atom. The van der Waals surface area contributed by atoms with Crippen LogP contribution in [-0.2, 0) is 11.2 Å². The van der Waals surface area contributed by atoms with E-state index in [1.807, 2.05) is 36.4 Å². The first kappa shape index (κ1) is 19.4. The number of anilines is 1. The maximum Gasteiger partial charge on any atom is 0.251 e. The van der Waals surface area contributed by atoms with Gasteiger partial charge in [-0.3, -0.25) is 4.79 Å². The topological polar surface area (TPSA) is 66.0 Å². The third-order valence-corrected chi connectivity index (χ3v) is 5.52. The minimum Gasteiger partial charge on any atom is -0.493 e. The Hall–Kier alpha value is -2.89. The normalized spacial score (nSPS) is 16.5. The van der Waals surface area contributed by atoms with Crippen molar-refractivity contribution in [2.75, 3.05) is 19.5 Å². The van der Waals surface area contributed by atoms with Crippen molar-refractivity contribution in [1.29, 1.82) is 0 Å². The summed E-state index contributed by atoms with van der Waals surface area (Å²) >= 11 is 0. The summed E-state index contributed by atoms with van der Waals surface area (Å²) in [4.78, 5) is 12.4. The Morgan fingerprint density at radius 3 is 2.48 bits per heavy atom. The van der Waals surface area contributed by atoms with Crippen LogP contribution < -0.4 is 24.3 Å². The van der Waals surface area contributed by atoms with Crippen molar-refractivity contribution < 1.29 is 23.7 Å². The van der Waals surface area contributed by atoms with E-state index in [2.05, 4.69) is 5.32 Å². The van der Waals surface area contributed by atoms with Gasteiger partial charge in [0.2, 0.25) is 5.91 Å². The first-order chi connectivity index (χ1) is 14.1. The van der Waals surface area contributed by atoms with Crippen LogP contribution in [0, 0.1) is 0 Å². The van der Waals surface area contributed by atoms with Gasteiger partial charge in [-0.2, -0.15) is 0 Å². The van der Waals surface area contributed by atoms with E-state index in [1.165, 1.54) is 6.42 Å². The van der Waals surface area contributed by atoms with Crippen molar-refractivity contribution in [3.63, 3.8) is 0 Å². The van der Waals surface area contributed by atoms with E-state index in [4.69, 9.17) is 18.9 Å². The number of carbonyl (C=O) groups is 1. The summed E-state index contributed by atoms with van der Waals surface area (Å²) in [5, 5.41) is 2.95. The summed E-state index contributed by atoms with van der Waals surface area (Å²) in [5.74, 6) is 2.26. The van der Waals surface area contributed by atoms with Crippen molar-refractivity contribution in [1.82, 2.24) is 0 Å². The number of ether oxygens (including phenoxy) is 4. The number of carbonyl (C=O) groups excluding carboxylic acids is 1. The van der Waals surface area contributed by atoms with E-state index in [0.717, 1.165) is 42.7 Å². The van der Waals surface area contributed by atoms with Crippen LogP contribution in [0.4, 0.5) is 5.69 Å². The zero-order valence-electron chi connectivity index (χ0n) is 17.0. The summed E-state index contributed by atoms with van der Waals surface area (Å²) in [6.07, 6.45) is 6.27. The number of aryl methyl sites for hydroxylation is 1. The van der Waals surface area contributed by atoms with Crippen LogP contribution in [0.25, 0.3) is 0 Å². The highest BCUT2D eigenvalue weighted by molar-refractivity contribution is 5.91. The van der Waals surface area contributed by atoms with Crippen LogP contribution in [0.15, 0.2) is 36.4 Å². The molecule has 1 spiro atoms. The van der Waals surface area contributed by atoms with Gasteiger partial charge in [-0.1, -0.05) is 12.5 Å². The lowest BCUT2D eigenvalue weighted by atomic mass is 9.94. The number of fused-ring (bicyclic) bond motifs is 1. The first-order valence-corrected chi connectivity index (χ1v) is 10.1. The SMILES string of the molecule is COc1ccc(CCC(=O)Nc2ccc3c(c2)OC2(CCCCC2)O3)cc1OC. The van der Waals surface area contributed by atoms with E-state index >= 15 is 0 Å².